The SMILES string of the molecule is CC(=O)N1CCN(C(=O)c2cc(Nc3cccc(C)c3C)ncn2)CC1. The molecule has 7 heteroatoms. The van der Waals surface area contributed by atoms with Crippen molar-refractivity contribution < 1.29 is 9.59 Å². The summed E-state index contributed by atoms with van der Waals surface area (Å²) in [5, 5.41) is 3.26. The molecule has 136 valence electrons. The van der Waals surface area contributed by atoms with Gasteiger partial charge in [0.25, 0.3) is 5.91 Å². The minimum absolute atomic E-state index is 0.0409. The minimum Gasteiger partial charge on any atom is -0.340 e. The number of aryl methyl sites for hydroxylation is 1. The van der Waals surface area contributed by atoms with Gasteiger partial charge in [0.1, 0.15) is 17.8 Å². The first-order valence-corrected chi connectivity index (χ1v) is 8.66. The van der Waals surface area contributed by atoms with Crippen LogP contribution in [0.5, 0.6) is 0 Å². The van der Waals surface area contributed by atoms with Crippen LogP contribution in [0.4, 0.5) is 11.5 Å². The molecular weight excluding hydrogens is 330 g/mol. The molecular formula is C19H23N5O2. The lowest BCUT2D eigenvalue weighted by Gasteiger charge is -2.34. The Bertz CT molecular complexity index is 828. The number of nitrogens with one attached hydrogen (secondary N) is 1. The number of benzene rings is 1. The first kappa shape index (κ1) is 17.8. The number of aromatic nitrogens is 2. The molecule has 0 atom stereocenters. The van der Waals surface area contributed by atoms with Crippen LogP contribution < -0.4 is 5.32 Å². The van der Waals surface area contributed by atoms with Crippen molar-refractivity contribution in [1.29, 1.82) is 0 Å². The van der Waals surface area contributed by atoms with Gasteiger partial charge in [-0.15, -0.1) is 0 Å². The topological polar surface area (TPSA) is 78.4 Å². The van der Waals surface area contributed by atoms with Gasteiger partial charge in [-0.25, -0.2) is 9.97 Å². The standard InChI is InChI=1S/C19H23N5O2/c1-13-5-4-6-16(14(13)2)22-18-11-17(20-12-21-18)19(26)24-9-7-23(8-10-24)15(3)25/h4-6,11-12H,7-10H2,1-3H3,(H,20,21,22). The van der Waals surface area contributed by atoms with E-state index in [1.165, 1.54) is 11.9 Å². The third-order valence-corrected chi connectivity index (χ3v) is 4.77. The fraction of sp³-hybridized carbons (Fsp3) is 0.368. The van der Waals surface area contributed by atoms with Gasteiger partial charge >= 0.3 is 0 Å². The highest BCUT2D eigenvalue weighted by Crippen LogP contribution is 2.22. The predicted octanol–water partition coefficient (Wildman–Crippen LogP) is 2.14. The lowest BCUT2D eigenvalue weighted by Crippen LogP contribution is -2.50. The van der Waals surface area contributed by atoms with Crippen molar-refractivity contribution in [2.45, 2.75) is 20.8 Å². The minimum atomic E-state index is -0.139. The van der Waals surface area contributed by atoms with E-state index in [-0.39, 0.29) is 11.8 Å². The first-order chi connectivity index (χ1) is 12.5. The van der Waals surface area contributed by atoms with Crippen LogP contribution in [0.1, 0.15) is 28.5 Å². The highest BCUT2D eigenvalue weighted by atomic mass is 16.2. The number of hydrogen-bond donors (Lipinski definition) is 1. The van der Waals surface area contributed by atoms with Crippen LogP contribution in [0.3, 0.4) is 0 Å². The van der Waals surface area contributed by atoms with Crippen molar-refractivity contribution in [3.8, 4) is 0 Å². The Morgan fingerprint density at radius 2 is 1.73 bits per heavy atom. The number of nitrogens with zero attached hydrogens (tertiary/aromatic N) is 4. The van der Waals surface area contributed by atoms with Crippen molar-refractivity contribution in [2.24, 2.45) is 0 Å². The summed E-state index contributed by atoms with van der Waals surface area (Å²) < 4.78 is 0. The number of hydrogen-bond acceptors (Lipinski definition) is 5. The molecule has 26 heavy (non-hydrogen) atoms. The second kappa shape index (κ2) is 7.51. The third kappa shape index (κ3) is 3.82. The van der Waals surface area contributed by atoms with Gasteiger partial charge in [0, 0.05) is 44.9 Å². The van der Waals surface area contributed by atoms with Gasteiger partial charge in [0.05, 0.1) is 0 Å². The Labute approximate surface area is 153 Å². The van der Waals surface area contributed by atoms with Crippen LogP contribution in [-0.4, -0.2) is 57.8 Å². The number of amides is 2. The second-order valence-corrected chi connectivity index (χ2v) is 6.46. The van der Waals surface area contributed by atoms with E-state index in [0.717, 1.165) is 11.3 Å². The lowest BCUT2D eigenvalue weighted by atomic mass is 10.1. The molecule has 2 aromatic rings. The molecule has 1 N–H and O–H groups in total. The Balaban J connectivity index is 1.72. The van der Waals surface area contributed by atoms with Crippen LogP contribution in [0, 0.1) is 13.8 Å². The van der Waals surface area contributed by atoms with Crippen molar-refractivity contribution in [1.82, 2.24) is 19.8 Å². The van der Waals surface area contributed by atoms with Crippen LogP contribution >= 0.6 is 0 Å². The monoisotopic (exact) mass is 353 g/mol. The molecule has 1 aliphatic heterocycles. The summed E-state index contributed by atoms with van der Waals surface area (Å²) in [6.45, 7) is 7.78. The zero-order chi connectivity index (χ0) is 18.7. The fourth-order valence-corrected chi connectivity index (χ4v) is 2.95. The molecule has 0 bridgehead atoms. The van der Waals surface area contributed by atoms with Gasteiger partial charge in [-0.05, 0) is 31.0 Å². The van der Waals surface area contributed by atoms with Gasteiger partial charge in [-0.1, -0.05) is 12.1 Å². The Morgan fingerprint density at radius 3 is 2.42 bits per heavy atom. The molecule has 1 saturated heterocycles. The Hall–Kier alpha value is -2.96. The van der Waals surface area contributed by atoms with Crippen LogP contribution in [0.25, 0.3) is 0 Å². The van der Waals surface area contributed by atoms with E-state index in [2.05, 4.69) is 28.3 Å². The fourth-order valence-electron chi connectivity index (χ4n) is 2.95. The zero-order valence-electron chi connectivity index (χ0n) is 15.3. The molecule has 0 spiro atoms. The predicted molar refractivity (Wildman–Crippen MR) is 99.4 cm³/mol. The molecule has 1 aliphatic rings. The summed E-state index contributed by atoms with van der Waals surface area (Å²) in [6, 6.07) is 7.68. The zero-order valence-corrected chi connectivity index (χ0v) is 15.3. The van der Waals surface area contributed by atoms with E-state index < -0.39 is 0 Å². The van der Waals surface area contributed by atoms with Gasteiger partial charge < -0.3 is 15.1 Å². The van der Waals surface area contributed by atoms with Crippen molar-refractivity contribution in [3.63, 3.8) is 0 Å². The summed E-state index contributed by atoms with van der Waals surface area (Å²) in [5.41, 5.74) is 3.63. The third-order valence-electron chi connectivity index (χ3n) is 4.77. The molecule has 3 rings (SSSR count). The largest absolute Gasteiger partial charge is 0.340 e. The van der Waals surface area contributed by atoms with E-state index in [0.29, 0.717) is 37.7 Å². The first-order valence-electron chi connectivity index (χ1n) is 8.66. The maximum Gasteiger partial charge on any atom is 0.272 e. The van der Waals surface area contributed by atoms with E-state index in [4.69, 9.17) is 0 Å². The van der Waals surface area contributed by atoms with E-state index >= 15 is 0 Å². The van der Waals surface area contributed by atoms with Gasteiger partial charge in [0.2, 0.25) is 5.91 Å². The van der Waals surface area contributed by atoms with Crippen LogP contribution in [-0.2, 0) is 4.79 Å². The maximum atomic E-state index is 12.7. The number of piperazine rings is 1. The lowest BCUT2D eigenvalue weighted by molar-refractivity contribution is -0.130. The molecule has 2 amide bonds. The van der Waals surface area contributed by atoms with Crippen LogP contribution in [0.15, 0.2) is 30.6 Å². The average molecular weight is 353 g/mol. The summed E-state index contributed by atoms with van der Waals surface area (Å²) in [6.07, 6.45) is 1.40. The highest BCUT2D eigenvalue weighted by Gasteiger charge is 2.24. The molecule has 1 fully saturated rings. The van der Waals surface area contributed by atoms with Gasteiger partial charge in [-0.3, -0.25) is 9.59 Å². The van der Waals surface area contributed by atoms with Crippen molar-refractivity contribution in [3.05, 3.63) is 47.4 Å². The van der Waals surface area contributed by atoms with E-state index in [1.54, 1.807) is 22.8 Å². The number of rotatable bonds is 3. The van der Waals surface area contributed by atoms with Crippen molar-refractivity contribution in [2.75, 3.05) is 31.5 Å². The van der Waals surface area contributed by atoms with Gasteiger partial charge in [-0.2, -0.15) is 0 Å². The molecule has 0 radical (unpaired) electrons. The molecule has 0 unspecified atom stereocenters. The molecule has 1 aromatic carbocycles. The number of carbonyl (C=O) groups is 2. The van der Waals surface area contributed by atoms with E-state index in [1.807, 2.05) is 19.1 Å². The molecule has 0 saturated carbocycles. The number of carbonyl (C=O) groups excluding carboxylic acids is 2. The molecule has 1 aromatic heterocycles. The maximum absolute atomic E-state index is 12.7. The summed E-state index contributed by atoms with van der Waals surface area (Å²) >= 11 is 0. The highest BCUT2D eigenvalue weighted by molar-refractivity contribution is 5.93. The quantitative estimate of drug-likeness (QED) is 0.915. The molecule has 7 nitrogen and oxygen atoms in total. The second-order valence-electron chi connectivity index (χ2n) is 6.46. The average Bonchev–Trinajstić information content (AvgIpc) is 2.65. The molecule has 0 aliphatic carbocycles. The molecule has 2 heterocycles. The van der Waals surface area contributed by atoms with Gasteiger partial charge in [0.15, 0.2) is 0 Å². The summed E-state index contributed by atoms with van der Waals surface area (Å²) in [7, 11) is 0. The summed E-state index contributed by atoms with van der Waals surface area (Å²) in [5.74, 6) is 0.484. The summed E-state index contributed by atoms with van der Waals surface area (Å²) in [4.78, 5) is 35.9. The number of anilines is 2. The van der Waals surface area contributed by atoms with E-state index in [9.17, 15) is 9.59 Å². The normalized spacial score (nSPS) is 14.3. The van der Waals surface area contributed by atoms with Crippen LogP contribution in [0.2, 0.25) is 0 Å². The smallest absolute Gasteiger partial charge is 0.272 e. The Kier molecular flexibility index (Phi) is 5.16. The van der Waals surface area contributed by atoms with Crippen molar-refractivity contribution >= 4 is 23.3 Å². The Morgan fingerprint density at radius 1 is 1.04 bits per heavy atom.